The zero-order chi connectivity index (χ0) is 29.4. The Balaban J connectivity index is 1.57. The number of hydrogen-bond acceptors (Lipinski definition) is 7. The standard InChI is InChI=1S/C33H36N2O6/c1-33(2,3)41-32(37)34-19-20-38-26-16-17-27-29(21-26)40-28(18-13-23-11-14-25(15-12-23)35(4)5)31(30(27)36)39-22-24-9-7-6-8-10-24/h6-18,21H,19-20,22H2,1-5H3,(H,34,37)/b18-13+. The maximum absolute atomic E-state index is 13.5. The molecule has 214 valence electrons. The fourth-order valence-electron chi connectivity index (χ4n) is 3.93. The number of benzene rings is 3. The van der Waals surface area contributed by atoms with Crippen molar-refractivity contribution in [2.45, 2.75) is 33.0 Å². The lowest BCUT2D eigenvalue weighted by molar-refractivity contribution is 0.0520. The number of rotatable bonds is 10. The van der Waals surface area contributed by atoms with Crippen molar-refractivity contribution >= 4 is 34.9 Å². The van der Waals surface area contributed by atoms with Crippen LogP contribution in [0.25, 0.3) is 23.1 Å². The molecule has 0 bridgehead atoms. The molecule has 0 fully saturated rings. The molecule has 1 aromatic heterocycles. The first-order chi connectivity index (χ1) is 19.6. The minimum atomic E-state index is -0.577. The van der Waals surface area contributed by atoms with Gasteiger partial charge in [-0.15, -0.1) is 0 Å². The molecule has 0 spiro atoms. The highest BCUT2D eigenvalue weighted by atomic mass is 16.6. The number of amides is 1. The monoisotopic (exact) mass is 556 g/mol. The number of anilines is 1. The lowest BCUT2D eigenvalue weighted by Gasteiger charge is -2.19. The molecule has 0 aliphatic carbocycles. The second-order valence-electron chi connectivity index (χ2n) is 10.7. The summed E-state index contributed by atoms with van der Waals surface area (Å²) in [6.07, 6.45) is 3.10. The molecule has 0 atom stereocenters. The van der Waals surface area contributed by atoms with Crippen LogP contribution in [0, 0.1) is 0 Å². The first-order valence-electron chi connectivity index (χ1n) is 13.4. The average molecular weight is 557 g/mol. The van der Waals surface area contributed by atoms with Crippen LogP contribution >= 0.6 is 0 Å². The van der Waals surface area contributed by atoms with E-state index in [0.717, 1.165) is 16.8 Å². The minimum absolute atomic E-state index is 0.137. The van der Waals surface area contributed by atoms with Crippen molar-refractivity contribution in [3.05, 3.63) is 99.9 Å². The van der Waals surface area contributed by atoms with Gasteiger partial charge in [-0.1, -0.05) is 48.5 Å². The molecule has 1 heterocycles. The van der Waals surface area contributed by atoms with Gasteiger partial charge in [0.05, 0.1) is 11.9 Å². The molecule has 0 unspecified atom stereocenters. The van der Waals surface area contributed by atoms with Crippen molar-refractivity contribution in [3.8, 4) is 11.5 Å². The third-order valence-corrected chi connectivity index (χ3v) is 5.95. The molecule has 8 heteroatoms. The fraction of sp³-hybridized carbons (Fsp3) is 0.273. The van der Waals surface area contributed by atoms with Gasteiger partial charge in [0.15, 0.2) is 5.76 Å². The predicted octanol–water partition coefficient (Wildman–Crippen LogP) is 6.51. The summed E-state index contributed by atoms with van der Waals surface area (Å²) in [7, 11) is 3.97. The normalized spacial score (nSPS) is 11.4. The summed E-state index contributed by atoms with van der Waals surface area (Å²) in [5.41, 5.74) is 2.48. The molecular formula is C33H36N2O6. The van der Waals surface area contributed by atoms with Gasteiger partial charge in [-0.3, -0.25) is 4.79 Å². The van der Waals surface area contributed by atoms with Gasteiger partial charge in [-0.05, 0) is 62.2 Å². The molecule has 0 saturated carbocycles. The third kappa shape index (κ3) is 8.38. The molecule has 0 aliphatic rings. The molecule has 3 aromatic carbocycles. The van der Waals surface area contributed by atoms with Gasteiger partial charge in [0.2, 0.25) is 11.2 Å². The largest absolute Gasteiger partial charge is 0.492 e. The molecule has 1 N–H and O–H groups in total. The number of ether oxygens (including phenoxy) is 3. The zero-order valence-corrected chi connectivity index (χ0v) is 24.1. The first-order valence-corrected chi connectivity index (χ1v) is 13.4. The molecule has 4 rings (SSSR count). The topological polar surface area (TPSA) is 90.2 Å². The number of nitrogens with one attached hydrogen (secondary N) is 1. The summed E-state index contributed by atoms with van der Waals surface area (Å²) in [4.78, 5) is 27.4. The Labute approximate surface area is 240 Å². The molecule has 1 amide bonds. The van der Waals surface area contributed by atoms with Crippen LogP contribution in [0.5, 0.6) is 11.5 Å². The lowest BCUT2D eigenvalue weighted by Crippen LogP contribution is -2.34. The van der Waals surface area contributed by atoms with Crippen LogP contribution in [-0.2, 0) is 11.3 Å². The van der Waals surface area contributed by atoms with Crippen LogP contribution in [-0.4, -0.2) is 38.9 Å². The molecular weight excluding hydrogens is 520 g/mol. The average Bonchev–Trinajstić information content (AvgIpc) is 2.93. The first kappa shape index (κ1) is 29.3. The maximum Gasteiger partial charge on any atom is 0.407 e. The minimum Gasteiger partial charge on any atom is -0.492 e. The Morgan fingerprint density at radius 1 is 0.951 bits per heavy atom. The third-order valence-electron chi connectivity index (χ3n) is 5.95. The zero-order valence-electron chi connectivity index (χ0n) is 24.1. The predicted molar refractivity (Wildman–Crippen MR) is 163 cm³/mol. The summed E-state index contributed by atoms with van der Waals surface area (Å²) in [5.74, 6) is 0.940. The van der Waals surface area contributed by atoms with Crippen LogP contribution in [0.3, 0.4) is 0 Å². The molecule has 0 saturated heterocycles. The van der Waals surface area contributed by atoms with Crippen LogP contribution in [0.1, 0.15) is 37.7 Å². The van der Waals surface area contributed by atoms with Gasteiger partial charge >= 0.3 is 6.09 Å². The molecule has 0 aliphatic heterocycles. The number of carbonyl (C=O) groups is 1. The fourth-order valence-corrected chi connectivity index (χ4v) is 3.93. The highest BCUT2D eigenvalue weighted by Crippen LogP contribution is 2.27. The van der Waals surface area contributed by atoms with Crippen LogP contribution in [0.2, 0.25) is 0 Å². The molecule has 0 radical (unpaired) electrons. The second-order valence-corrected chi connectivity index (χ2v) is 10.7. The Kier molecular flexibility index (Phi) is 9.34. The summed E-state index contributed by atoms with van der Waals surface area (Å²) in [6.45, 7) is 6.09. The van der Waals surface area contributed by atoms with E-state index in [1.807, 2.05) is 79.7 Å². The van der Waals surface area contributed by atoms with E-state index in [1.165, 1.54) is 0 Å². The van der Waals surface area contributed by atoms with Crippen molar-refractivity contribution in [1.29, 1.82) is 0 Å². The van der Waals surface area contributed by atoms with Gasteiger partial charge in [0.1, 0.15) is 30.1 Å². The van der Waals surface area contributed by atoms with Crippen molar-refractivity contribution in [2.75, 3.05) is 32.1 Å². The molecule has 41 heavy (non-hydrogen) atoms. The SMILES string of the molecule is CN(C)c1ccc(/C=C/c2oc3cc(OCCNC(=O)OC(C)(C)C)ccc3c(=O)c2OCc2ccccc2)cc1. The summed E-state index contributed by atoms with van der Waals surface area (Å²) in [6, 6.07) is 22.7. The van der Waals surface area contributed by atoms with E-state index in [4.69, 9.17) is 18.6 Å². The van der Waals surface area contributed by atoms with Crippen molar-refractivity contribution < 1.29 is 23.4 Å². The Hall–Kier alpha value is -4.72. The lowest BCUT2D eigenvalue weighted by atomic mass is 10.1. The Bertz CT molecular complexity index is 1550. The van der Waals surface area contributed by atoms with E-state index in [1.54, 1.807) is 45.0 Å². The van der Waals surface area contributed by atoms with Crippen molar-refractivity contribution in [3.63, 3.8) is 0 Å². The van der Waals surface area contributed by atoms with Gasteiger partial charge < -0.3 is 28.8 Å². The molecule has 4 aromatic rings. The second kappa shape index (κ2) is 13.1. The van der Waals surface area contributed by atoms with Crippen molar-refractivity contribution in [2.24, 2.45) is 0 Å². The highest BCUT2D eigenvalue weighted by molar-refractivity contribution is 5.82. The maximum atomic E-state index is 13.5. The van der Waals surface area contributed by atoms with Gasteiger partial charge in [-0.25, -0.2) is 4.79 Å². The number of hydrogen-bond donors (Lipinski definition) is 1. The van der Waals surface area contributed by atoms with Gasteiger partial charge in [-0.2, -0.15) is 0 Å². The molecule has 8 nitrogen and oxygen atoms in total. The summed E-state index contributed by atoms with van der Waals surface area (Å²) < 4.78 is 23.2. The van der Waals surface area contributed by atoms with Crippen LogP contribution in [0.15, 0.2) is 82.0 Å². The van der Waals surface area contributed by atoms with Crippen LogP contribution in [0.4, 0.5) is 10.5 Å². The number of alkyl carbamates (subject to hydrolysis) is 1. The van der Waals surface area contributed by atoms with E-state index in [-0.39, 0.29) is 30.9 Å². The van der Waals surface area contributed by atoms with E-state index in [0.29, 0.717) is 22.5 Å². The number of fused-ring (bicyclic) bond motifs is 1. The quantitative estimate of drug-likeness (QED) is 0.223. The van der Waals surface area contributed by atoms with Crippen LogP contribution < -0.4 is 25.1 Å². The number of nitrogens with zero attached hydrogens (tertiary/aromatic N) is 1. The van der Waals surface area contributed by atoms with Gasteiger partial charge in [0, 0.05) is 25.8 Å². The summed E-state index contributed by atoms with van der Waals surface area (Å²) in [5, 5.41) is 3.03. The van der Waals surface area contributed by atoms with E-state index >= 15 is 0 Å². The van der Waals surface area contributed by atoms with E-state index in [2.05, 4.69) is 5.32 Å². The number of carbonyl (C=O) groups excluding carboxylic acids is 1. The Morgan fingerprint density at radius 3 is 2.37 bits per heavy atom. The van der Waals surface area contributed by atoms with Crippen molar-refractivity contribution in [1.82, 2.24) is 5.32 Å². The van der Waals surface area contributed by atoms with Gasteiger partial charge in [0.25, 0.3) is 0 Å². The highest BCUT2D eigenvalue weighted by Gasteiger charge is 2.17. The smallest absolute Gasteiger partial charge is 0.407 e. The van der Waals surface area contributed by atoms with E-state index < -0.39 is 11.7 Å². The summed E-state index contributed by atoms with van der Waals surface area (Å²) >= 11 is 0. The van der Waals surface area contributed by atoms with E-state index in [9.17, 15) is 9.59 Å². The Morgan fingerprint density at radius 2 is 1.68 bits per heavy atom.